The van der Waals surface area contributed by atoms with Gasteiger partial charge in [-0.25, -0.2) is 0 Å². The van der Waals surface area contributed by atoms with E-state index < -0.39 is 0 Å². The number of ketones is 1. The van der Waals surface area contributed by atoms with Crippen LogP contribution in [0, 0.1) is 5.92 Å². The molecular formula is C10H18O. The maximum absolute atomic E-state index is 11.0. The number of unbranched alkanes of at least 4 members (excludes halogenated alkanes) is 1. The van der Waals surface area contributed by atoms with E-state index in [-0.39, 0.29) is 5.78 Å². The van der Waals surface area contributed by atoms with Crippen molar-refractivity contribution in [2.24, 2.45) is 5.92 Å². The van der Waals surface area contributed by atoms with Crippen molar-refractivity contribution < 1.29 is 4.79 Å². The van der Waals surface area contributed by atoms with Crippen LogP contribution < -0.4 is 0 Å². The van der Waals surface area contributed by atoms with Gasteiger partial charge in [0.05, 0.1) is 0 Å². The Morgan fingerprint density at radius 3 is 2.55 bits per heavy atom. The number of rotatable bonds is 5. The van der Waals surface area contributed by atoms with Crippen LogP contribution in [0.2, 0.25) is 0 Å². The lowest BCUT2D eigenvalue weighted by Gasteiger charge is -1.94. The minimum atomic E-state index is 0.264. The molecule has 11 heavy (non-hydrogen) atoms. The van der Waals surface area contributed by atoms with Crippen LogP contribution in [0.5, 0.6) is 0 Å². The zero-order chi connectivity index (χ0) is 8.69. The minimum Gasteiger partial charge on any atom is -0.295 e. The summed E-state index contributed by atoms with van der Waals surface area (Å²) in [6.45, 7) is 6.24. The molecule has 0 aromatic rings. The van der Waals surface area contributed by atoms with E-state index in [9.17, 15) is 4.79 Å². The lowest BCUT2D eigenvalue weighted by molar-refractivity contribution is -0.114. The Morgan fingerprint density at radius 2 is 2.09 bits per heavy atom. The first-order valence-electron chi connectivity index (χ1n) is 4.37. The summed E-state index contributed by atoms with van der Waals surface area (Å²) >= 11 is 0. The van der Waals surface area contributed by atoms with Gasteiger partial charge in [-0.05, 0) is 18.4 Å². The standard InChI is InChI=1S/C10H18O/c1-4-5-6-10(11)8-7-9(2)3/h7-9H,4-6H2,1-3H3/b8-7+. The molecule has 0 aliphatic heterocycles. The van der Waals surface area contributed by atoms with Gasteiger partial charge in [-0.2, -0.15) is 0 Å². The van der Waals surface area contributed by atoms with E-state index in [4.69, 9.17) is 0 Å². The molecule has 0 bridgehead atoms. The molecule has 0 N–H and O–H groups in total. The van der Waals surface area contributed by atoms with Crippen LogP contribution in [0.25, 0.3) is 0 Å². The SMILES string of the molecule is CCCCC(=O)/C=C/C(C)C. The van der Waals surface area contributed by atoms with Crippen molar-refractivity contribution in [3.8, 4) is 0 Å². The first-order valence-corrected chi connectivity index (χ1v) is 4.37. The molecule has 0 spiro atoms. The average molecular weight is 154 g/mol. The number of carbonyl (C=O) groups excluding carboxylic acids is 1. The summed E-state index contributed by atoms with van der Waals surface area (Å²) in [4.78, 5) is 11.0. The first-order chi connectivity index (χ1) is 5.16. The lowest BCUT2D eigenvalue weighted by atomic mass is 10.1. The Kier molecular flexibility index (Phi) is 5.81. The summed E-state index contributed by atoms with van der Waals surface area (Å²) in [5.41, 5.74) is 0. The molecule has 1 nitrogen and oxygen atoms in total. The van der Waals surface area contributed by atoms with Gasteiger partial charge in [0.2, 0.25) is 0 Å². The summed E-state index contributed by atoms with van der Waals surface area (Å²) in [5, 5.41) is 0. The largest absolute Gasteiger partial charge is 0.295 e. The molecule has 0 atom stereocenters. The van der Waals surface area contributed by atoms with E-state index in [0.29, 0.717) is 12.3 Å². The minimum absolute atomic E-state index is 0.264. The fourth-order valence-electron chi connectivity index (χ4n) is 0.734. The molecule has 0 amide bonds. The van der Waals surface area contributed by atoms with Crippen molar-refractivity contribution in [2.75, 3.05) is 0 Å². The van der Waals surface area contributed by atoms with Crippen LogP contribution in [0.1, 0.15) is 40.0 Å². The zero-order valence-corrected chi connectivity index (χ0v) is 7.76. The highest BCUT2D eigenvalue weighted by Crippen LogP contribution is 1.99. The van der Waals surface area contributed by atoms with Crippen LogP contribution in [0.3, 0.4) is 0 Å². The summed E-state index contributed by atoms with van der Waals surface area (Å²) in [6, 6.07) is 0. The second kappa shape index (κ2) is 6.14. The van der Waals surface area contributed by atoms with Crippen LogP contribution in [-0.4, -0.2) is 5.78 Å². The van der Waals surface area contributed by atoms with E-state index in [1.54, 1.807) is 6.08 Å². The highest BCUT2D eigenvalue weighted by molar-refractivity contribution is 5.89. The molecule has 0 saturated carbocycles. The molecule has 0 heterocycles. The lowest BCUT2D eigenvalue weighted by Crippen LogP contribution is -1.92. The van der Waals surface area contributed by atoms with Crippen molar-refractivity contribution in [1.29, 1.82) is 0 Å². The van der Waals surface area contributed by atoms with E-state index >= 15 is 0 Å². The summed E-state index contributed by atoms with van der Waals surface area (Å²) in [5.74, 6) is 0.751. The third-order valence-corrected chi connectivity index (χ3v) is 1.44. The normalized spacial score (nSPS) is 11.3. The molecule has 64 valence electrons. The van der Waals surface area contributed by atoms with Gasteiger partial charge >= 0.3 is 0 Å². The second-order valence-corrected chi connectivity index (χ2v) is 3.17. The predicted molar refractivity (Wildman–Crippen MR) is 48.5 cm³/mol. The molecule has 1 heteroatoms. The van der Waals surface area contributed by atoms with Gasteiger partial charge in [0, 0.05) is 6.42 Å². The number of carbonyl (C=O) groups is 1. The zero-order valence-electron chi connectivity index (χ0n) is 7.76. The highest BCUT2D eigenvalue weighted by atomic mass is 16.1. The van der Waals surface area contributed by atoms with Crippen molar-refractivity contribution in [2.45, 2.75) is 40.0 Å². The predicted octanol–water partition coefficient (Wildman–Crippen LogP) is 2.96. The summed E-state index contributed by atoms with van der Waals surface area (Å²) < 4.78 is 0. The van der Waals surface area contributed by atoms with Crippen molar-refractivity contribution in [3.63, 3.8) is 0 Å². The Morgan fingerprint density at radius 1 is 1.45 bits per heavy atom. The summed E-state index contributed by atoms with van der Waals surface area (Å²) in [6.07, 6.45) is 6.49. The van der Waals surface area contributed by atoms with E-state index in [1.807, 2.05) is 6.08 Å². The number of hydrogen-bond donors (Lipinski definition) is 0. The maximum Gasteiger partial charge on any atom is 0.155 e. The molecule has 0 aromatic carbocycles. The Labute approximate surface area is 69.5 Å². The van der Waals surface area contributed by atoms with Crippen LogP contribution in [0.4, 0.5) is 0 Å². The quantitative estimate of drug-likeness (QED) is 0.556. The van der Waals surface area contributed by atoms with Gasteiger partial charge in [0.1, 0.15) is 0 Å². The molecule has 0 aromatic heterocycles. The molecule has 0 aliphatic carbocycles. The van der Waals surface area contributed by atoms with Crippen molar-refractivity contribution >= 4 is 5.78 Å². The third-order valence-electron chi connectivity index (χ3n) is 1.44. The number of allylic oxidation sites excluding steroid dienone is 2. The third kappa shape index (κ3) is 7.31. The van der Waals surface area contributed by atoms with Crippen LogP contribution in [-0.2, 0) is 4.79 Å². The molecule has 0 aliphatic rings. The topological polar surface area (TPSA) is 17.1 Å². The molecule has 0 fully saturated rings. The van der Waals surface area contributed by atoms with Crippen LogP contribution in [0.15, 0.2) is 12.2 Å². The van der Waals surface area contributed by atoms with Gasteiger partial charge < -0.3 is 0 Å². The number of hydrogen-bond acceptors (Lipinski definition) is 1. The monoisotopic (exact) mass is 154 g/mol. The fourth-order valence-corrected chi connectivity index (χ4v) is 0.734. The Bertz CT molecular complexity index is 134. The van der Waals surface area contributed by atoms with Crippen molar-refractivity contribution in [1.82, 2.24) is 0 Å². The highest BCUT2D eigenvalue weighted by Gasteiger charge is 1.94. The molecular weight excluding hydrogens is 136 g/mol. The second-order valence-electron chi connectivity index (χ2n) is 3.17. The average Bonchev–Trinajstić information content (AvgIpc) is 1.97. The first kappa shape index (κ1) is 10.4. The van der Waals surface area contributed by atoms with Gasteiger partial charge in [0.25, 0.3) is 0 Å². The van der Waals surface area contributed by atoms with E-state index in [2.05, 4.69) is 20.8 Å². The molecule has 0 unspecified atom stereocenters. The molecule has 0 rings (SSSR count). The Hall–Kier alpha value is -0.590. The van der Waals surface area contributed by atoms with E-state index in [1.165, 1.54) is 0 Å². The van der Waals surface area contributed by atoms with Gasteiger partial charge in [0.15, 0.2) is 5.78 Å². The van der Waals surface area contributed by atoms with Gasteiger partial charge in [-0.3, -0.25) is 4.79 Å². The van der Waals surface area contributed by atoms with Crippen LogP contribution >= 0.6 is 0 Å². The molecule has 0 radical (unpaired) electrons. The molecule has 0 saturated heterocycles. The summed E-state index contributed by atoms with van der Waals surface area (Å²) in [7, 11) is 0. The van der Waals surface area contributed by atoms with Gasteiger partial charge in [-0.15, -0.1) is 0 Å². The Balaban J connectivity index is 3.51. The van der Waals surface area contributed by atoms with Gasteiger partial charge in [-0.1, -0.05) is 33.3 Å². The van der Waals surface area contributed by atoms with E-state index in [0.717, 1.165) is 12.8 Å². The smallest absolute Gasteiger partial charge is 0.155 e. The fraction of sp³-hybridized carbons (Fsp3) is 0.700. The van der Waals surface area contributed by atoms with Crippen molar-refractivity contribution in [3.05, 3.63) is 12.2 Å². The maximum atomic E-state index is 11.0.